The molecule has 1 heterocycles. The predicted octanol–water partition coefficient (Wildman–Crippen LogP) is 2.46. The molecule has 0 saturated heterocycles. The molecular formula is C10H10F3N3. The molecule has 2 rings (SSSR count). The van der Waals surface area contributed by atoms with Crippen molar-refractivity contribution in [3.8, 4) is 0 Å². The number of alkyl halides is 3. The highest BCUT2D eigenvalue weighted by Crippen LogP contribution is 2.34. The smallest absolute Gasteiger partial charge is 0.382 e. The van der Waals surface area contributed by atoms with Crippen molar-refractivity contribution < 1.29 is 13.2 Å². The average Bonchev–Trinajstić information content (AvgIpc) is 2.64. The molecule has 0 bridgehead atoms. The molecule has 1 aromatic heterocycles. The van der Waals surface area contributed by atoms with Gasteiger partial charge in [0, 0.05) is 18.2 Å². The van der Waals surface area contributed by atoms with Crippen LogP contribution in [0.1, 0.15) is 12.5 Å². The summed E-state index contributed by atoms with van der Waals surface area (Å²) in [6.07, 6.45) is 1.34. The van der Waals surface area contributed by atoms with E-state index in [9.17, 15) is 13.2 Å². The highest BCUT2D eigenvalue weighted by atomic mass is 19.4. The van der Waals surface area contributed by atoms with Crippen LogP contribution in [0.5, 0.6) is 0 Å². The molecule has 86 valence electrons. The van der Waals surface area contributed by atoms with Crippen LogP contribution in [-0.2, 0) is 0 Å². The standard InChI is InChI=1S/C10H10F3N3/c11-10(12,13)7-2-1-3-8(6-7)16-5-4-9(14)15-16/h1-5,8H,6H2,(H2,14,15). The van der Waals surface area contributed by atoms with E-state index in [1.54, 1.807) is 18.3 Å². The lowest BCUT2D eigenvalue weighted by Crippen LogP contribution is -2.19. The molecule has 1 aliphatic carbocycles. The highest BCUT2D eigenvalue weighted by molar-refractivity contribution is 5.27. The summed E-state index contributed by atoms with van der Waals surface area (Å²) < 4.78 is 38.9. The lowest BCUT2D eigenvalue weighted by atomic mass is 10.0. The molecule has 0 spiro atoms. The van der Waals surface area contributed by atoms with E-state index < -0.39 is 17.8 Å². The third-order valence-corrected chi connectivity index (χ3v) is 2.39. The molecular weight excluding hydrogens is 219 g/mol. The second-order valence-electron chi connectivity index (χ2n) is 3.57. The van der Waals surface area contributed by atoms with Gasteiger partial charge in [0.2, 0.25) is 0 Å². The molecule has 6 heteroatoms. The third kappa shape index (κ3) is 2.10. The van der Waals surface area contributed by atoms with Gasteiger partial charge < -0.3 is 5.73 Å². The van der Waals surface area contributed by atoms with Crippen molar-refractivity contribution in [3.63, 3.8) is 0 Å². The minimum Gasteiger partial charge on any atom is -0.382 e. The van der Waals surface area contributed by atoms with Gasteiger partial charge in [-0.15, -0.1) is 0 Å². The first-order valence-corrected chi connectivity index (χ1v) is 4.72. The lowest BCUT2D eigenvalue weighted by molar-refractivity contribution is -0.0950. The Hall–Kier alpha value is -1.72. The molecule has 2 N–H and O–H groups in total. The van der Waals surface area contributed by atoms with Crippen LogP contribution in [-0.4, -0.2) is 16.0 Å². The number of hydrogen-bond donors (Lipinski definition) is 1. The van der Waals surface area contributed by atoms with Crippen LogP contribution in [0.4, 0.5) is 19.0 Å². The SMILES string of the molecule is Nc1ccn(C2C=CC=C(C(F)(F)F)C2)n1. The zero-order valence-electron chi connectivity index (χ0n) is 8.28. The van der Waals surface area contributed by atoms with Crippen LogP contribution in [0.25, 0.3) is 0 Å². The summed E-state index contributed by atoms with van der Waals surface area (Å²) >= 11 is 0. The fraction of sp³-hybridized carbons (Fsp3) is 0.300. The first kappa shape index (κ1) is 10.8. The van der Waals surface area contributed by atoms with Gasteiger partial charge >= 0.3 is 6.18 Å². The van der Waals surface area contributed by atoms with Gasteiger partial charge in [0.15, 0.2) is 0 Å². The van der Waals surface area contributed by atoms with E-state index in [2.05, 4.69) is 5.10 Å². The Morgan fingerprint density at radius 3 is 2.75 bits per heavy atom. The molecule has 1 unspecified atom stereocenters. The van der Waals surface area contributed by atoms with Crippen LogP contribution >= 0.6 is 0 Å². The van der Waals surface area contributed by atoms with Crippen LogP contribution in [0.3, 0.4) is 0 Å². The maximum absolute atomic E-state index is 12.5. The van der Waals surface area contributed by atoms with Gasteiger partial charge in [-0.25, -0.2) is 0 Å². The van der Waals surface area contributed by atoms with Crippen molar-refractivity contribution in [1.82, 2.24) is 9.78 Å². The fourth-order valence-electron chi connectivity index (χ4n) is 1.59. The van der Waals surface area contributed by atoms with Gasteiger partial charge in [0.1, 0.15) is 5.82 Å². The summed E-state index contributed by atoms with van der Waals surface area (Å²) in [7, 11) is 0. The molecule has 0 fully saturated rings. The van der Waals surface area contributed by atoms with Crippen molar-refractivity contribution in [2.24, 2.45) is 0 Å². The van der Waals surface area contributed by atoms with E-state index in [0.717, 1.165) is 6.08 Å². The molecule has 0 radical (unpaired) electrons. The number of halogens is 3. The van der Waals surface area contributed by atoms with Crippen LogP contribution in [0.15, 0.2) is 36.1 Å². The molecule has 0 aliphatic heterocycles. The van der Waals surface area contributed by atoms with Crippen molar-refractivity contribution in [3.05, 3.63) is 36.1 Å². The zero-order valence-corrected chi connectivity index (χ0v) is 8.28. The van der Waals surface area contributed by atoms with Crippen LogP contribution in [0, 0.1) is 0 Å². The summed E-state index contributed by atoms with van der Waals surface area (Å²) in [5, 5.41) is 3.90. The number of nitrogens with two attached hydrogens (primary N) is 1. The van der Waals surface area contributed by atoms with E-state index in [4.69, 9.17) is 5.73 Å². The number of nitrogen functional groups attached to an aromatic ring is 1. The summed E-state index contributed by atoms with van der Waals surface area (Å²) in [4.78, 5) is 0. The Kier molecular flexibility index (Phi) is 2.49. The highest BCUT2D eigenvalue weighted by Gasteiger charge is 2.35. The van der Waals surface area contributed by atoms with Crippen LogP contribution in [0.2, 0.25) is 0 Å². The Bertz CT molecular complexity index is 442. The Balaban J connectivity index is 2.18. The van der Waals surface area contributed by atoms with Gasteiger partial charge in [-0.05, 0) is 6.07 Å². The van der Waals surface area contributed by atoms with E-state index in [-0.39, 0.29) is 6.42 Å². The van der Waals surface area contributed by atoms with E-state index >= 15 is 0 Å². The number of rotatable bonds is 1. The quantitative estimate of drug-likeness (QED) is 0.803. The minimum absolute atomic E-state index is 0.110. The zero-order chi connectivity index (χ0) is 11.8. The molecule has 1 aliphatic rings. The topological polar surface area (TPSA) is 43.8 Å². The van der Waals surface area contributed by atoms with Gasteiger partial charge in [-0.2, -0.15) is 18.3 Å². The average molecular weight is 229 g/mol. The summed E-state index contributed by atoms with van der Waals surface area (Å²) in [6.45, 7) is 0. The Morgan fingerprint density at radius 2 is 2.19 bits per heavy atom. The lowest BCUT2D eigenvalue weighted by Gasteiger charge is -2.20. The number of nitrogens with zero attached hydrogens (tertiary/aromatic N) is 2. The van der Waals surface area contributed by atoms with Gasteiger partial charge in [0.25, 0.3) is 0 Å². The second-order valence-corrected chi connectivity index (χ2v) is 3.57. The van der Waals surface area contributed by atoms with Gasteiger partial charge in [-0.1, -0.05) is 18.2 Å². The van der Waals surface area contributed by atoms with E-state index in [0.29, 0.717) is 5.82 Å². The molecule has 1 aromatic rings. The van der Waals surface area contributed by atoms with Crippen molar-refractivity contribution in [1.29, 1.82) is 0 Å². The first-order chi connectivity index (χ1) is 7.47. The largest absolute Gasteiger partial charge is 0.412 e. The fourth-order valence-corrected chi connectivity index (χ4v) is 1.59. The maximum Gasteiger partial charge on any atom is 0.412 e. The van der Waals surface area contributed by atoms with Crippen LogP contribution < -0.4 is 5.73 Å². The third-order valence-electron chi connectivity index (χ3n) is 2.39. The molecule has 1 atom stereocenters. The van der Waals surface area contributed by atoms with E-state index in [1.807, 2.05) is 0 Å². The predicted molar refractivity (Wildman–Crippen MR) is 53.6 cm³/mol. The second kappa shape index (κ2) is 3.70. The number of allylic oxidation sites excluding steroid dienone is 4. The summed E-state index contributed by atoms with van der Waals surface area (Å²) in [5.41, 5.74) is 4.87. The minimum atomic E-state index is -4.28. The number of hydrogen-bond acceptors (Lipinski definition) is 2. The Labute approximate surface area is 90.0 Å². The molecule has 0 aromatic carbocycles. The van der Waals surface area contributed by atoms with Gasteiger partial charge in [-0.3, -0.25) is 4.68 Å². The Morgan fingerprint density at radius 1 is 1.44 bits per heavy atom. The van der Waals surface area contributed by atoms with Gasteiger partial charge in [0.05, 0.1) is 6.04 Å². The normalized spacial score (nSPS) is 20.9. The maximum atomic E-state index is 12.5. The van der Waals surface area contributed by atoms with Crippen molar-refractivity contribution in [2.45, 2.75) is 18.6 Å². The summed E-state index contributed by atoms with van der Waals surface area (Å²) in [5.74, 6) is 0.302. The van der Waals surface area contributed by atoms with Crippen molar-refractivity contribution in [2.75, 3.05) is 5.73 Å². The number of aromatic nitrogens is 2. The molecule has 0 amide bonds. The first-order valence-electron chi connectivity index (χ1n) is 4.72. The van der Waals surface area contributed by atoms with Crippen molar-refractivity contribution >= 4 is 5.82 Å². The number of anilines is 1. The summed E-state index contributed by atoms with van der Waals surface area (Å²) in [6, 6.07) is 1.14. The molecule has 0 saturated carbocycles. The molecule has 3 nitrogen and oxygen atoms in total. The monoisotopic (exact) mass is 229 g/mol. The van der Waals surface area contributed by atoms with E-state index in [1.165, 1.54) is 10.8 Å². The molecule has 16 heavy (non-hydrogen) atoms.